The molecule has 0 radical (unpaired) electrons. The summed E-state index contributed by atoms with van der Waals surface area (Å²) in [7, 11) is 0. The molecule has 0 aliphatic heterocycles. The Kier molecular flexibility index (Phi) is 39.8. The first-order valence-corrected chi connectivity index (χ1v) is 4.48. The van der Waals surface area contributed by atoms with Crippen LogP contribution in [0.15, 0.2) is 0 Å². The summed E-state index contributed by atoms with van der Waals surface area (Å²) in [5.74, 6) is -0.670. The molecule has 0 spiro atoms. The van der Waals surface area contributed by atoms with Gasteiger partial charge in [0.25, 0.3) is 6.47 Å². The molecule has 0 bridgehead atoms. The standard InChI is InChI=1S/C8H16O2.CH2O2.2Zr/c1-2-3-4-5-6-7-8(9)10;2-1-3;;/h2-7H2,1H3,(H,9,10);1H,(H,2,3);;. The summed E-state index contributed by atoms with van der Waals surface area (Å²) in [6.45, 7) is 1.90. The molecule has 0 aliphatic rings. The molecule has 0 unspecified atom stereocenters. The van der Waals surface area contributed by atoms with Crippen molar-refractivity contribution in [3.63, 3.8) is 0 Å². The molecule has 0 rings (SSSR count). The Morgan fingerprint density at radius 1 is 1.13 bits per heavy atom. The van der Waals surface area contributed by atoms with E-state index in [1.165, 1.54) is 19.3 Å². The van der Waals surface area contributed by atoms with Gasteiger partial charge in [-0.2, -0.15) is 0 Å². The van der Waals surface area contributed by atoms with E-state index in [1.54, 1.807) is 0 Å². The maximum absolute atomic E-state index is 10.0. The molecule has 0 aliphatic carbocycles. The van der Waals surface area contributed by atoms with E-state index in [2.05, 4.69) is 6.92 Å². The molecule has 0 saturated heterocycles. The molecule has 86 valence electrons. The van der Waals surface area contributed by atoms with Gasteiger partial charge in [-0.3, -0.25) is 9.59 Å². The summed E-state index contributed by atoms with van der Waals surface area (Å²) in [6.07, 6.45) is 5.88. The molecular weight excluding hydrogens is 355 g/mol. The molecule has 6 heteroatoms. The molecule has 4 nitrogen and oxygen atoms in total. The summed E-state index contributed by atoms with van der Waals surface area (Å²) < 4.78 is 0. The molecule has 2 N–H and O–H groups in total. The average molecular weight is 373 g/mol. The van der Waals surface area contributed by atoms with Gasteiger partial charge in [-0.15, -0.1) is 0 Å². The fourth-order valence-corrected chi connectivity index (χ4v) is 0.880. The average Bonchev–Trinajstić information content (AvgIpc) is 2.05. The Hall–Kier alpha value is 0.706. The Labute approximate surface area is 129 Å². The van der Waals surface area contributed by atoms with Crippen molar-refractivity contribution in [1.82, 2.24) is 0 Å². The van der Waals surface area contributed by atoms with Crippen molar-refractivity contribution >= 4 is 12.4 Å². The van der Waals surface area contributed by atoms with Crippen LogP contribution in [0.3, 0.4) is 0 Å². The second-order valence-electron chi connectivity index (χ2n) is 2.66. The monoisotopic (exact) mass is 370 g/mol. The molecule has 0 aromatic rings. The quantitative estimate of drug-likeness (QED) is 0.553. The van der Waals surface area contributed by atoms with E-state index in [0.717, 1.165) is 12.8 Å². The van der Waals surface area contributed by atoms with Crippen molar-refractivity contribution in [2.45, 2.75) is 45.4 Å². The van der Waals surface area contributed by atoms with Crippen LogP contribution in [0, 0.1) is 0 Å². The number of hydrogen-bond acceptors (Lipinski definition) is 2. The first kappa shape index (κ1) is 24.8. The van der Waals surface area contributed by atoms with Gasteiger partial charge >= 0.3 is 5.97 Å². The van der Waals surface area contributed by atoms with Crippen molar-refractivity contribution in [2.24, 2.45) is 0 Å². The molecule has 15 heavy (non-hydrogen) atoms. The third kappa shape index (κ3) is 40.0. The predicted octanol–water partition coefficient (Wildman–Crippen LogP) is 2.13. The van der Waals surface area contributed by atoms with Gasteiger partial charge in [0.1, 0.15) is 0 Å². The van der Waals surface area contributed by atoms with Gasteiger partial charge in [0.15, 0.2) is 0 Å². The van der Waals surface area contributed by atoms with Gasteiger partial charge < -0.3 is 10.2 Å². The zero-order valence-corrected chi connectivity index (χ0v) is 13.9. The minimum atomic E-state index is -0.670. The van der Waals surface area contributed by atoms with Crippen molar-refractivity contribution in [3.05, 3.63) is 0 Å². The Morgan fingerprint density at radius 2 is 1.53 bits per heavy atom. The molecule has 0 atom stereocenters. The number of carboxylic acids is 1. The van der Waals surface area contributed by atoms with E-state index in [-0.39, 0.29) is 58.9 Å². The fourth-order valence-electron chi connectivity index (χ4n) is 0.880. The maximum atomic E-state index is 10.0. The number of aliphatic carboxylic acids is 1. The number of unbranched alkanes of at least 4 members (excludes halogenated alkanes) is 4. The van der Waals surface area contributed by atoms with Gasteiger partial charge in [0, 0.05) is 58.8 Å². The van der Waals surface area contributed by atoms with E-state index < -0.39 is 5.97 Å². The van der Waals surface area contributed by atoms with Gasteiger partial charge in [-0.1, -0.05) is 32.6 Å². The summed E-state index contributed by atoms with van der Waals surface area (Å²) in [6, 6.07) is 0. The zero-order chi connectivity index (χ0) is 10.5. The number of carbonyl (C=O) groups is 2. The molecule has 0 aromatic heterocycles. The van der Waals surface area contributed by atoms with E-state index in [9.17, 15) is 4.79 Å². The first-order chi connectivity index (χ1) is 6.18. The minimum absolute atomic E-state index is 0. The van der Waals surface area contributed by atoms with E-state index in [4.69, 9.17) is 15.0 Å². The largest absolute Gasteiger partial charge is 0.483 e. The normalized spacial score (nSPS) is 7.27. The summed E-state index contributed by atoms with van der Waals surface area (Å²) in [4.78, 5) is 18.4. The third-order valence-electron chi connectivity index (χ3n) is 1.49. The second kappa shape index (κ2) is 24.1. The van der Waals surface area contributed by atoms with E-state index >= 15 is 0 Å². The summed E-state index contributed by atoms with van der Waals surface area (Å²) in [5, 5.41) is 15.2. The fraction of sp³-hybridized carbons (Fsp3) is 0.778. The maximum Gasteiger partial charge on any atom is 0.303 e. The SMILES string of the molecule is CCCCCCCC(=O)O.O=CO.[Zr].[Zr]. The van der Waals surface area contributed by atoms with Crippen molar-refractivity contribution < 1.29 is 72.2 Å². The van der Waals surface area contributed by atoms with Crippen LogP contribution in [0.5, 0.6) is 0 Å². The Bertz CT molecular complexity index is 131. The molecule has 0 saturated carbocycles. The van der Waals surface area contributed by atoms with Crippen LogP contribution in [0.25, 0.3) is 0 Å². The zero-order valence-electron chi connectivity index (χ0n) is 9.03. The topological polar surface area (TPSA) is 74.6 Å². The van der Waals surface area contributed by atoms with Crippen molar-refractivity contribution in [3.8, 4) is 0 Å². The van der Waals surface area contributed by atoms with Crippen LogP contribution < -0.4 is 0 Å². The van der Waals surface area contributed by atoms with Crippen LogP contribution in [0.1, 0.15) is 45.4 Å². The smallest absolute Gasteiger partial charge is 0.303 e. The van der Waals surface area contributed by atoms with Crippen LogP contribution in [0.4, 0.5) is 0 Å². The molecule has 0 heterocycles. The van der Waals surface area contributed by atoms with Gasteiger partial charge in [-0.05, 0) is 6.42 Å². The van der Waals surface area contributed by atoms with Gasteiger partial charge in [0.2, 0.25) is 0 Å². The molecule has 0 aromatic carbocycles. The second-order valence-corrected chi connectivity index (χ2v) is 2.66. The van der Waals surface area contributed by atoms with Gasteiger partial charge in [-0.25, -0.2) is 0 Å². The van der Waals surface area contributed by atoms with Crippen LogP contribution in [-0.4, -0.2) is 22.7 Å². The molecular formula is C9H18O4Zr2. The van der Waals surface area contributed by atoms with Crippen LogP contribution in [-0.2, 0) is 62.0 Å². The van der Waals surface area contributed by atoms with E-state index in [1.807, 2.05) is 0 Å². The van der Waals surface area contributed by atoms with Crippen LogP contribution >= 0.6 is 0 Å². The van der Waals surface area contributed by atoms with E-state index in [0.29, 0.717) is 6.42 Å². The summed E-state index contributed by atoms with van der Waals surface area (Å²) >= 11 is 0. The molecule has 0 fully saturated rings. The first-order valence-electron chi connectivity index (χ1n) is 4.48. The number of rotatable bonds is 6. The van der Waals surface area contributed by atoms with Crippen LogP contribution in [0.2, 0.25) is 0 Å². The van der Waals surface area contributed by atoms with Crippen molar-refractivity contribution in [2.75, 3.05) is 0 Å². The van der Waals surface area contributed by atoms with Crippen molar-refractivity contribution in [1.29, 1.82) is 0 Å². The predicted molar refractivity (Wildman–Crippen MR) is 49.7 cm³/mol. The number of hydrogen-bond donors (Lipinski definition) is 2. The Morgan fingerprint density at radius 3 is 1.87 bits per heavy atom. The minimum Gasteiger partial charge on any atom is -0.483 e. The summed E-state index contributed by atoms with van der Waals surface area (Å²) in [5.41, 5.74) is 0. The third-order valence-corrected chi connectivity index (χ3v) is 1.49. The molecule has 0 amide bonds. The number of carboxylic acid groups (broad SMARTS) is 2. The van der Waals surface area contributed by atoms with Gasteiger partial charge in [0.05, 0.1) is 0 Å². The Balaban J connectivity index is -0.000000108.